The maximum absolute atomic E-state index is 5.90. The van der Waals surface area contributed by atoms with Gasteiger partial charge in [-0.25, -0.2) is 4.98 Å². The zero-order chi connectivity index (χ0) is 19.9. The highest BCUT2D eigenvalue weighted by Gasteiger charge is 2.15. The van der Waals surface area contributed by atoms with Gasteiger partial charge in [-0.05, 0) is 51.5 Å². The van der Waals surface area contributed by atoms with Crippen molar-refractivity contribution < 1.29 is 4.74 Å². The normalized spacial score (nSPS) is 10.9. The summed E-state index contributed by atoms with van der Waals surface area (Å²) in [5.41, 5.74) is 2.12. The van der Waals surface area contributed by atoms with Gasteiger partial charge in [0.25, 0.3) is 0 Å². The van der Waals surface area contributed by atoms with Gasteiger partial charge in [0.05, 0.1) is 11.8 Å². The Labute approximate surface area is 167 Å². The summed E-state index contributed by atoms with van der Waals surface area (Å²) in [4.78, 5) is 11.5. The molecule has 0 spiro atoms. The summed E-state index contributed by atoms with van der Waals surface area (Å²) in [6.07, 6.45) is 1.89. The van der Waals surface area contributed by atoms with E-state index in [1.165, 1.54) is 5.56 Å². The van der Waals surface area contributed by atoms with Crippen molar-refractivity contribution in [3.05, 3.63) is 72.4 Å². The molecule has 0 unspecified atom stereocenters. The molecule has 0 amide bonds. The van der Waals surface area contributed by atoms with Crippen LogP contribution in [0.4, 0.5) is 17.5 Å². The van der Waals surface area contributed by atoms with Gasteiger partial charge in [-0.15, -0.1) is 0 Å². The number of hydrogen-bond acceptors (Lipinski definition) is 5. The summed E-state index contributed by atoms with van der Waals surface area (Å²) >= 11 is 0. The average Bonchev–Trinajstić information content (AvgIpc) is 2.68. The Hall–Kier alpha value is -3.08. The molecule has 0 saturated carbocycles. The molecule has 1 N–H and O–H groups in total. The molecule has 28 heavy (non-hydrogen) atoms. The molecule has 0 bridgehead atoms. The number of aromatic nitrogens is 2. The quantitative estimate of drug-likeness (QED) is 0.569. The molecule has 3 rings (SSSR count). The van der Waals surface area contributed by atoms with Crippen molar-refractivity contribution in [2.24, 2.45) is 0 Å². The van der Waals surface area contributed by atoms with E-state index in [2.05, 4.69) is 53.3 Å². The summed E-state index contributed by atoms with van der Waals surface area (Å²) in [5.74, 6) is 2.25. The summed E-state index contributed by atoms with van der Waals surface area (Å²) in [5, 5.41) is 3.37. The second-order valence-electron chi connectivity index (χ2n) is 7.24. The second kappa shape index (κ2) is 9.22. The van der Waals surface area contributed by atoms with Gasteiger partial charge >= 0.3 is 0 Å². The highest BCUT2D eigenvalue weighted by molar-refractivity contribution is 5.64. The summed E-state index contributed by atoms with van der Waals surface area (Å²) in [7, 11) is 0. The number of nitrogens with one attached hydrogen (secondary N) is 1. The number of para-hydroxylation sites is 2. The first-order chi connectivity index (χ1) is 13.5. The van der Waals surface area contributed by atoms with E-state index < -0.39 is 0 Å². The maximum Gasteiger partial charge on any atom is 0.227 e. The lowest BCUT2D eigenvalue weighted by Crippen LogP contribution is -2.31. The molecular weight excluding hydrogens is 348 g/mol. The Morgan fingerprint density at radius 2 is 1.64 bits per heavy atom. The summed E-state index contributed by atoms with van der Waals surface area (Å²) < 4.78 is 5.90. The molecule has 2 aromatic carbocycles. The van der Waals surface area contributed by atoms with Crippen LogP contribution in [-0.2, 0) is 6.54 Å². The molecule has 0 aliphatic rings. The lowest BCUT2D eigenvalue weighted by molar-refractivity contribution is 0.244. The zero-order valence-electron chi connectivity index (χ0n) is 17.0. The van der Waals surface area contributed by atoms with Crippen LogP contribution < -0.4 is 15.0 Å². The van der Waals surface area contributed by atoms with E-state index in [1.807, 2.05) is 50.2 Å². The smallest absolute Gasteiger partial charge is 0.227 e. The van der Waals surface area contributed by atoms with E-state index in [0.29, 0.717) is 5.95 Å². The van der Waals surface area contributed by atoms with E-state index in [1.54, 1.807) is 6.20 Å². The first-order valence-electron chi connectivity index (χ1n) is 9.69. The Balaban J connectivity index is 1.83. The summed E-state index contributed by atoms with van der Waals surface area (Å²) in [6.45, 7) is 9.10. The Morgan fingerprint density at radius 3 is 2.36 bits per heavy atom. The highest BCUT2D eigenvalue weighted by Crippen LogP contribution is 2.28. The van der Waals surface area contributed by atoms with E-state index in [9.17, 15) is 0 Å². The van der Waals surface area contributed by atoms with Crippen LogP contribution in [0.5, 0.6) is 5.75 Å². The predicted octanol–water partition coefficient (Wildman–Crippen LogP) is 5.42. The van der Waals surface area contributed by atoms with Gasteiger partial charge < -0.3 is 15.0 Å². The first-order valence-corrected chi connectivity index (χ1v) is 9.69. The topological polar surface area (TPSA) is 50.3 Å². The minimum absolute atomic E-state index is 0.103. The molecule has 0 fully saturated rings. The second-order valence-corrected chi connectivity index (χ2v) is 7.24. The van der Waals surface area contributed by atoms with Crippen LogP contribution >= 0.6 is 0 Å². The Bertz CT molecular complexity index is 881. The number of ether oxygens (including phenoxy) is 1. The van der Waals surface area contributed by atoms with Crippen molar-refractivity contribution in [3.8, 4) is 5.75 Å². The monoisotopic (exact) mass is 376 g/mol. The van der Waals surface area contributed by atoms with Crippen molar-refractivity contribution in [3.63, 3.8) is 0 Å². The minimum atomic E-state index is 0.103. The van der Waals surface area contributed by atoms with Crippen LogP contribution in [-0.4, -0.2) is 22.1 Å². The maximum atomic E-state index is 5.90. The fourth-order valence-corrected chi connectivity index (χ4v) is 2.89. The average molecular weight is 377 g/mol. The molecule has 0 atom stereocenters. The number of hydrogen-bond donors (Lipinski definition) is 1. The Morgan fingerprint density at radius 1 is 0.929 bits per heavy atom. The number of nitrogens with zero attached hydrogens (tertiary/aromatic N) is 3. The standard InChI is InChI=1S/C23H28N4O/c1-17(2)27(16-19-10-6-5-7-11-19)23-24-15-14-22(26-23)25-20-12-8-9-13-21(20)28-18(3)4/h5-15,17-18H,16H2,1-4H3,(H,24,25,26). The number of rotatable bonds is 8. The SMILES string of the molecule is CC(C)Oc1ccccc1Nc1ccnc(N(Cc2ccccc2)C(C)C)n1. The lowest BCUT2D eigenvalue weighted by atomic mass is 10.2. The molecule has 1 aromatic heterocycles. The van der Waals surface area contributed by atoms with E-state index >= 15 is 0 Å². The highest BCUT2D eigenvalue weighted by atomic mass is 16.5. The number of anilines is 3. The van der Waals surface area contributed by atoms with Gasteiger partial charge in [0.2, 0.25) is 5.95 Å². The molecular formula is C23H28N4O. The van der Waals surface area contributed by atoms with Crippen LogP contribution in [0.15, 0.2) is 66.9 Å². The van der Waals surface area contributed by atoms with Crippen LogP contribution in [0.3, 0.4) is 0 Å². The van der Waals surface area contributed by atoms with Crippen molar-refractivity contribution in [2.75, 3.05) is 10.2 Å². The van der Waals surface area contributed by atoms with Crippen LogP contribution in [0.2, 0.25) is 0 Å². The fourth-order valence-electron chi connectivity index (χ4n) is 2.89. The van der Waals surface area contributed by atoms with E-state index in [0.717, 1.165) is 23.8 Å². The first kappa shape index (κ1) is 19.7. The molecule has 5 nitrogen and oxygen atoms in total. The summed E-state index contributed by atoms with van der Waals surface area (Å²) in [6, 6.07) is 20.4. The van der Waals surface area contributed by atoms with Crippen molar-refractivity contribution in [1.29, 1.82) is 0 Å². The third-order valence-electron chi connectivity index (χ3n) is 4.23. The third-order valence-corrected chi connectivity index (χ3v) is 4.23. The molecule has 146 valence electrons. The van der Waals surface area contributed by atoms with Gasteiger partial charge in [0.15, 0.2) is 0 Å². The molecule has 0 aliphatic carbocycles. The van der Waals surface area contributed by atoms with Gasteiger partial charge in [0, 0.05) is 18.8 Å². The largest absolute Gasteiger partial charge is 0.489 e. The van der Waals surface area contributed by atoms with Crippen molar-refractivity contribution in [1.82, 2.24) is 9.97 Å². The van der Waals surface area contributed by atoms with Crippen molar-refractivity contribution in [2.45, 2.75) is 46.4 Å². The third kappa shape index (κ3) is 5.22. The molecule has 0 saturated heterocycles. The number of benzene rings is 2. The van der Waals surface area contributed by atoms with Crippen LogP contribution in [0, 0.1) is 0 Å². The van der Waals surface area contributed by atoms with Gasteiger partial charge in [0.1, 0.15) is 11.6 Å². The zero-order valence-corrected chi connectivity index (χ0v) is 17.0. The fraction of sp³-hybridized carbons (Fsp3) is 0.304. The van der Waals surface area contributed by atoms with E-state index in [-0.39, 0.29) is 12.1 Å². The van der Waals surface area contributed by atoms with Gasteiger partial charge in [-0.1, -0.05) is 42.5 Å². The Kier molecular flexibility index (Phi) is 6.48. The molecule has 3 aromatic rings. The van der Waals surface area contributed by atoms with Crippen molar-refractivity contribution >= 4 is 17.5 Å². The molecule has 0 aliphatic heterocycles. The minimum Gasteiger partial charge on any atom is -0.489 e. The van der Waals surface area contributed by atoms with Gasteiger partial charge in [-0.3, -0.25) is 0 Å². The van der Waals surface area contributed by atoms with Gasteiger partial charge in [-0.2, -0.15) is 4.98 Å². The van der Waals surface area contributed by atoms with Crippen LogP contribution in [0.1, 0.15) is 33.3 Å². The molecule has 5 heteroatoms. The molecule has 1 heterocycles. The van der Waals surface area contributed by atoms with E-state index in [4.69, 9.17) is 9.72 Å². The predicted molar refractivity (Wildman–Crippen MR) is 115 cm³/mol. The van der Waals surface area contributed by atoms with Crippen LogP contribution in [0.25, 0.3) is 0 Å². The molecule has 0 radical (unpaired) electrons. The lowest BCUT2D eigenvalue weighted by Gasteiger charge is -2.27.